The largest absolute Gasteiger partial charge is 0.507 e. The summed E-state index contributed by atoms with van der Waals surface area (Å²) in [5.74, 6) is 2.27. The maximum atomic E-state index is 11.1. The Morgan fingerprint density at radius 2 is 1.18 bits per heavy atom. The average Bonchev–Trinajstić information content (AvgIpc) is 2.80. The van der Waals surface area contributed by atoms with Crippen LogP contribution in [0.2, 0.25) is 0 Å². The predicted octanol–water partition coefficient (Wildman–Crippen LogP) is 3.24. The van der Waals surface area contributed by atoms with E-state index in [1.54, 1.807) is 27.4 Å². The van der Waals surface area contributed by atoms with Gasteiger partial charge in [-0.2, -0.15) is 0 Å². The lowest BCUT2D eigenvalue weighted by molar-refractivity contribution is 0.396. The van der Waals surface area contributed by atoms with Crippen LogP contribution in [0, 0.1) is 0 Å². The first-order valence-corrected chi connectivity index (χ1v) is 13.0. The number of phenolic OH excluding ortho intramolecular Hbond substituents is 1. The summed E-state index contributed by atoms with van der Waals surface area (Å²) in [6, 6.07) is 19.9. The van der Waals surface area contributed by atoms with Gasteiger partial charge in [-0.1, -0.05) is 24.3 Å². The van der Waals surface area contributed by atoms with Gasteiger partial charge in [-0.15, -0.1) is 0 Å². The van der Waals surface area contributed by atoms with Gasteiger partial charge in [-0.25, -0.2) is 0 Å². The molecular formula is C25H32N2O4P2. The molecule has 0 saturated heterocycles. The van der Waals surface area contributed by atoms with E-state index in [1.807, 2.05) is 30.3 Å². The molecule has 0 amide bonds. The maximum absolute atomic E-state index is 11.1. The molecule has 1 N–H and O–H groups in total. The highest BCUT2D eigenvalue weighted by atomic mass is 31.1. The molecule has 8 heteroatoms. The van der Waals surface area contributed by atoms with Crippen molar-refractivity contribution < 1.29 is 19.3 Å². The molecule has 0 bridgehead atoms. The summed E-state index contributed by atoms with van der Waals surface area (Å²) in [5.41, 5.74) is 0. The van der Waals surface area contributed by atoms with Gasteiger partial charge in [0, 0.05) is 28.0 Å². The lowest BCUT2D eigenvalue weighted by Crippen LogP contribution is -2.36. The fraction of sp³-hybridized carbons (Fsp3) is 0.280. The predicted molar refractivity (Wildman–Crippen MR) is 140 cm³/mol. The van der Waals surface area contributed by atoms with Crippen LogP contribution in [-0.2, 0) is 0 Å². The minimum Gasteiger partial charge on any atom is -0.507 e. The van der Waals surface area contributed by atoms with E-state index >= 15 is 0 Å². The van der Waals surface area contributed by atoms with Gasteiger partial charge in [0.1, 0.15) is 23.0 Å². The van der Waals surface area contributed by atoms with Crippen LogP contribution in [0.5, 0.6) is 23.0 Å². The van der Waals surface area contributed by atoms with Gasteiger partial charge >= 0.3 is 0 Å². The SMILES string of the molecule is COc1ccc(P(c2ccc(OC)cc2OC)c2ccccc2P(N(C)C)N(C)C)c(O)c1. The smallest absolute Gasteiger partial charge is 0.130 e. The van der Waals surface area contributed by atoms with E-state index in [0.717, 1.165) is 22.1 Å². The number of aromatic hydroxyl groups is 1. The van der Waals surface area contributed by atoms with Crippen LogP contribution in [-0.4, -0.2) is 64.0 Å². The summed E-state index contributed by atoms with van der Waals surface area (Å²) in [4.78, 5) is 0. The van der Waals surface area contributed by atoms with Crippen molar-refractivity contribution in [2.75, 3.05) is 49.5 Å². The van der Waals surface area contributed by atoms with Gasteiger partial charge in [-0.3, -0.25) is 9.34 Å². The van der Waals surface area contributed by atoms with Gasteiger partial charge in [0.15, 0.2) is 0 Å². The number of rotatable bonds is 9. The Morgan fingerprint density at radius 1 is 0.636 bits per heavy atom. The van der Waals surface area contributed by atoms with E-state index in [-0.39, 0.29) is 5.75 Å². The van der Waals surface area contributed by atoms with Crippen molar-refractivity contribution in [1.82, 2.24) is 9.34 Å². The molecular weight excluding hydrogens is 454 g/mol. The topological polar surface area (TPSA) is 54.4 Å². The zero-order valence-electron chi connectivity index (χ0n) is 20.2. The second-order valence-electron chi connectivity index (χ2n) is 7.70. The number of hydrogen-bond donors (Lipinski definition) is 1. The Bertz CT molecular complexity index is 1080. The summed E-state index contributed by atoms with van der Waals surface area (Å²) < 4.78 is 21.1. The third-order valence-electron chi connectivity index (χ3n) is 5.15. The molecule has 0 saturated carbocycles. The van der Waals surface area contributed by atoms with E-state index in [9.17, 15) is 5.11 Å². The normalized spacial score (nSPS) is 12.3. The zero-order chi connectivity index (χ0) is 24.1. The monoisotopic (exact) mass is 486 g/mol. The molecule has 0 radical (unpaired) electrons. The van der Waals surface area contributed by atoms with Crippen molar-refractivity contribution >= 4 is 37.4 Å². The first kappa shape index (κ1) is 25.3. The molecule has 33 heavy (non-hydrogen) atoms. The van der Waals surface area contributed by atoms with Gasteiger partial charge in [0.2, 0.25) is 0 Å². The van der Waals surface area contributed by atoms with Crippen molar-refractivity contribution in [3.63, 3.8) is 0 Å². The van der Waals surface area contributed by atoms with Crippen LogP contribution >= 0.6 is 16.1 Å². The summed E-state index contributed by atoms with van der Waals surface area (Å²) in [6.45, 7) is 0. The standard InChI is InChI=1S/C25H32N2O4P2/c1-26(2)33(27(3)4)25-11-9-8-10-24(25)32(22-14-12-18(29-5)16-20(22)28)23-15-13-19(30-6)17-21(23)31-7/h8-17,28H,1-7H3. The summed E-state index contributed by atoms with van der Waals surface area (Å²) in [5, 5.41) is 15.3. The molecule has 0 fully saturated rings. The number of nitrogens with zero attached hydrogens (tertiary/aromatic N) is 2. The van der Waals surface area contributed by atoms with Crippen molar-refractivity contribution in [3.8, 4) is 23.0 Å². The second-order valence-corrected chi connectivity index (χ2v) is 12.5. The van der Waals surface area contributed by atoms with E-state index in [1.165, 1.54) is 10.6 Å². The Hall–Kier alpha value is -2.36. The molecule has 3 aromatic rings. The van der Waals surface area contributed by atoms with Crippen LogP contribution in [0.25, 0.3) is 0 Å². The fourth-order valence-corrected chi connectivity index (χ4v) is 8.87. The van der Waals surface area contributed by atoms with Gasteiger partial charge in [0.05, 0.1) is 29.6 Å². The fourth-order valence-electron chi connectivity index (χ4n) is 3.79. The number of hydrogen-bond acceptors (Lipinski definition) is 6. The van der Waals surface area contributed by atoms with Crippen molar-refractivity contribution in [1.29, 1.82) is 0 Å². The number of ether oxygens (including phenoxy) is 3. The minimum absolute atomic E-state index is 0.201. The van der Waals surface area contributed by atoms with Crippen LogP contribution in [0.4, 0.5) is 0 Å². The number of phenols is 1. The Kier molecular flexibility index (Phi) is 8.56. The first-order valence-electron chi connectivity index (χ1n) is 10.4. The molecule has 0 aliphatic heterocycles. The quantitative estimate of drug-likeness (QED) is 0.469. The van der Waals surface area contributed by atoms with Crippen molar-refractivity contribution in [2.45, 2.75) is 0 Å². The molecule has 0 aliphatic rings. The zero-order valence-corrected chi connectivity index (χ0v) is 22.0. The molecule has 1 atom stereocenters. The Balaban J connectivity index is 2.33. The summed E-state index contributed by atoms with van der Waals surface area (Å²) >= 11 is 0. The molecule has 0 aliphatic carbocycles. The number of methoxy groups -OCH3 is 3. The van der Waals surface area contributed by atoms with Gasteiger partial charge < -0.3 is 19.3 Å². The lowest BCUT2D eigenvalue weighted by atomic mass is 10.3. The summed E-state index contributed by atoms with van der Waals surface area (Å²) in [6.07, 6.45) is 0. The highest BCUT2D eigenvalue weighted by Gasteiger charge is 2.29. The third-order valence-corrected chi connectivity index (χ3v) is 10.2. The average molecular weight is 486 g/mol. The Labute approximate surface area is 199 Å². The van der Waals surface area contributed by atoms with Crippen molar-refractivity contribution in [2.24, 2.45) is 0 Å². The number of benzene rings is 3. The highest BCUT2D eigenvalue weighted by Crippen LogP contribution is 2.45. The molecule has 3 rings (SSSR count). The van der Waals surface area contributed by atoms with Gasteiger partial charge in [-0.05, 0) is 65.7 Å². The van der Waals surface area contributed by atoms with E-state index in [2.05, 4.69) is 61.8 Å². The highest BCUT2D eigenvalue weighted by molar-refractivity contribution is 7.82. The lowest BCUT2D eigenvalue weighted by Gasteiger charge is -2.34. The summed E-state index contributed by atoms with van der Waals surface area (Å²) in [7, 11) is 11.4. The van der Waals surface area contributed by atoms with E-state index in [4.69, 9.17) is 14.2 Å². The van der Waals surface area contributed by atoms with E-state index in [0.29, 0.717) is 5.75 Å². The molecule has 176 valence electrons. The molecule has 0 heterocycles. The van der Waals surface area contributed by atoms with Gasteiger partial charge in [0.25, 0.3) is 0 Å². The van der Waals surface area contributed by atoms with Crippen LogP contribution in [0.15, 0.2) is 60.7 Å². The van der Waals surface area contributed by atoms with Crippen LogP contribution < -0.4 is 35.4 Å². The minimum atomic E-state index is -1.15. The third kappa shape index (κ3) is 5.42. The van der Waals surface area contributed by atoms with E-state index < -0.39 is 16.1 Å². The second kappa shape index (κ2) is 11.2. The molecule has 0 aromatic heterocycles. The van der Waals surface area contributed by atoms with Crippen molar-refractivity contribution in [3.05, 3.63) is 60.7 Å². The van der Waals surface area contributed by atoms with Crippen LogP contribution in [0.3, 0.4) is 0 Å². The van der Waals surface area contributed by atoms with Crippen LogP contribution in [0.1, 0.15) is 0 Å². The maximum Gasteiger partial charge on any atom is 0.130 e. The molecule has 1 unspecified atom stereocenters. The molecule has 0 spiro atoms. The Morgan fingerprint density at radius 3 is 1.70 bits per heavy atom. The molecule has 6 nitrogen and oxygen atoms in total. The molecule has 3 aromatic carbocycles. The first-order chi connectivity index (χ1) is 15.8.